The lowest BCUT2D eigenvalue weighted by atomic mass is 10.2. The summed E-state index contributed by atoms with van der Waals surface area (Å²) in [5.74, 6) is 0.656. The van der Waals surface area contributed by atoms with Gasteiger partial charge in [0.1, 0.15) is 0 Å². The molecule has 0 saturated carbocycles. The Morgan fingerprint density at radius 2 is 1.76 bits per heavy atom. The highest BCUT2D eigenvalue weighted by Crippen LogP contribution is 2.32. The van der Waals surface area contributed by atoms with Gasteiger partial charge in [0.2, 0.25) is 10.0 Å². The molecule has 0 atom stereocenters. The van der Waals surface area contributed by atoms with Crippen LogP contribution < -0.4 is 14.8 Å². The van der Waals surface area contributed by atoms with Crippen LogP contribution in [-0.2, 0) is 10.0 Å². The fourth-order valence-corrected chi connectivity index (χ4v) is 4.62. The van der Waals surface area contributed by atoms with Gasteiger partial charge in [0.25, 0.3) is 5.91 Å². The molecule has 156 valence electrons. The molecule has 0 saturated heterocycles. The molecule has 0 radical (unpaired) electrons. The number of fused-ring (bicyclic) bond motifs is 1. The van der Waals surface area contributed by atoms with Crippen LogP contribution in [0.15, 0.2) is 41.3 Å². The van der Waals surface area contributed by atoms with Crippen LogP contribution in [0.2, 0.25) is 5.02 Å². The Labute approximate surface area is 175 Å². The average molecular weight is 439 g/mol. The van der Waals surface area contributed by atoms with Crippen molar-refractivity contribution in [2.45, 2.75) is 25.2 Å². The van der Waals surface area contributed by atoms with E-state index in [1.807, 2.05) is 0 Å². The molecular weight excluding hydrogens is 416 g/mol. The number of ether oxygens (including phenoxy) is 2. The Kier molecular flexibility index (Phi) is 6.66. The maximum absolute atomic E-state index is 12.7. The third-order valence-electron chi connectivity index (χ3n) is 4.54. The number of benzene rings is 2. The summed E-state index contributed by atoms with van der Waals surface area (Å²) in [4.78, 5) is 12.8. The van der Waals surface area contributed by atoms with Crippen LogP contribution in [-0.4, -0.2) is 44.9 Å². The van der Waals surface area contributed by atoms with E-state index in [4.69, 9.17) is 21.1 Å². The van der Waals surface area contributed by atoms with Crippen molar-refractivity contribution in [3.63, 3.8) is 0 Å². The molecule has 1 amide bonds. The second kappa shape index (κ2) is 9.02. The van der Waals surface area contributed by atoms with Crippen LogP contribution >= 0.6 is 11.6 Å². The smallest absolute Gasteiger partial charge is 0.255 e. The van der Waals surface area contributed by atoms with Crippen molar-refractivity contribution in [1.82, 2.24) is 4.31 Å². The molecule has 7 nitrogen and oxygen atoms in total. The molecule has 0 aliphatic carbocycles. The number of rotatable bonds is 6. The van der Waals surface area contributed by atoms with Crippen LogP contribution in [0.3, 0.4) is 0 Å². The molecule has 0 bridgehead atoms. The molecular formula is C20H23ClN2O5S. The molecule has 0 unspecified atom stereocenters. The van der Waals surface area contributed by atoms with Crippen LogP contribution in [0.4, 0.5) is 5.69 Å². The van der Waals surface area contributed by atoms with Gasteiger partial charge in [0, 0.05) is 25.1 Å². The third-order valence-corrected chi connectivity index (χ3v) is 6.91. The van der Waals surface area contributed by atoms with E-state index in [-0.39, 0.29) is 15.6 Å². The van der Waals surface area contributed by atoms with Gasteiger partial charge in [0.05, 0.1) is 28.8 Å². The van der Waals surface area contributed by atoms with E-state index in [1.54, 1.807) is 32.0 Å². The second-order valence-corrected chi connectivity index (χ2v) is 8.74. The summed E-state index contributed by atoms with van der Waals surface area (Å²) < 4.78 is 38.0. The fourth-order valence-electron chi connectivity index (χ4n) is 2.97. The first-order valence-corrected chi connectivity index (χ1v) is 11.2. The number of hydrogen-bond acceptors (Lipinski definition) is 5. The van der Waals surface area contributed by atoms with E-state index in [2.05, 4.69) is 5.32 Å². The number of nitrogens with one attached hydrogen (secondary N) is 1. The number of amides is 1. The monoisotopic (exact) mass is 438 g/mol. The molecule has 29 heavy (non-hydrogen) atoms. The van der Waals surface area contributed by atoms with Gasteiger partial charge in [-0.1, -0.05) is 25.4 Å². The maximum atomic E-state index is 12.7. The Morgan fingerprint density at radius 1 is 1.07 bits per heavy atom. The van der Waals surface area contributed by atoms with Gasteiger partial charge in [-0.15, -0.1) is 0 Å². The Morgan fingerprint density at radius 3 is 2.45 bits per heavy atom. The first-order chi connectivity index (χ1) is 13.9. The highest BCUT2D eigenvalue weighted by molar-refractivity contribution is 7.89. The first kappa shape index (κ1) is 21.4. The lowest BCUT2D eigenvalue weighted by molar-refractivity contribution is 0.102. The minimum Gasteiger partial charge on any atom is -0.490 e. The number of sulfonamides is 1. The van der Waals surface area contributed by atoms with Crippen LogP contribution in [0, 0.1) is 0 Å². The van der Waals surface area contributed by atoms with Gasteiger partial charge in [-0.25, -0.2) is 8.42 Å². The lowest BCUT2D eigenvalue weighted by Gasteiger charge is -2.19. The number of carbonyl (C=O) groups excluding carboxylic acids is 1. The van der Waals surface area contributed by atoms with E-state index in [0.717, 1.165) is 6.42 Å². The number of halogens is 1. The normalized spacial score (nSPS) is 13.8. The summed E-state index contributed by atoms with van der Waals surface area (Å²) in [7, 11) is -3.67. The topological polar surface area (TPSA) is 84.9 Å². The lowest BCUT2D eigenvalue weighted by Crippen LogP contribution is -2.30. The minimum absolute atomic E-state index is 0.0690. The molecule has 0 aromatic heterocycles. The quantitative estimate of drug-likeness (QED) is 0.741. The zero-order valence-electron chi connectivity index (χ0n) is 16.3. The van der Waals surface area contributed by atoms with E-state index in [9.17, 15) is 13.2 Å². The van der Waals surface area contributed by atoms with Crippen LogP contribution in [0.25, 0.3) is 0 Å². The Hall–Kier alpha value is -2.29. The van der Waals surface area contributed by atoms with E-state index < -0.39 is 15.9 Å². The molecule has 1 heterocycles. The standard InChI is InChI=1S/C20H23ClN2O5S/c1-3-23(4-2)29(25,26)15-7-8-16(21)17(13-15)22-20(24)14-6-9-18-19(12-14)28-11-5-10-27-18/h6-9,12-13H,3-5,10-11H2,1-2H3,(H,22,24). The molecule has 0 fully saturated rings. The van der Waals surface area contributed by atoms with E-state index in [1.165, 1.54) is 22.5 Å². The molecule has 1 aliphatic rings. The van der Waals surface area contributed by atoms with Crippen LogP contribution in [0.5, 0.6) is 11.5 Å². The number of carbonyl (C=O) groups is 1. The minimum atomic E-state index is -3.67. The van der Waals surface area contributed by atoms with E-state index >= 15 is 0 Å². The number of anilines is 1. The zero-order valence-corrected chi connectivity index (χ0v) is 17.8. The van der Waals surface area contributed by atoms with Gasteiger partial charge in [-0.2, -0.15) is 4.31 Å². The zero-order chi connectivity index (χ0) is 21.0. The summed E-state index contributed by atoms with van der Waals surface area (Å²) in [5.41, 5.74) is 0.569. The van der Waals surface area contributed by atoms with Crippen molar-refractivity contribution in [2.24, 2.45) is 0 Å². The SMILES string of the molecule is CCN(CC)S(=O)(=O)c1ccc(Cl)c(NC(=O)c2ccc3c(c2)OCCCO3)c1. The average Bonchev–Trinajstić information content (AvgIpc) is 2.95. The van der Waals surface area contributed by atoms with Crippen molar-refractivity contribution in [2.75, 3.05) is 31.6 Å². The van der Waals surface area contributed by atoms with Crippen molar-refractivity contribution in [3.8, 4) is 11.5 Å². The highest BCUT2D eigenvalue weighted by Gasteiger charge is 2.23. The van der Waals surface area contributed by atoms with Gasteiger partial charge in [-0.05, 0) is 36.4 Å². The maximum Gasteiger partial charge on any atom is 0.255 e. The van der Waals surface area contributed by atoms with Crippen molar-refractivity contribution < 1.29 is 22.7 Å². The van der Waals surface area contributed by atoms with Gasteiger partial charge in [-0.3, -0.25) is 4.79 Å². The molecule has 1 aliphatic heterocycles. The van der Waals surface area contributed by atoms with Gasteiger partial charge < -0.3 is 14.8 Å². The van der Waals surface area contributed by atoms with Gasteiger partial charge >= 0.3 is 0 Å². The van der Waals surface area contributed by atoms with E-state index in [0.29, 0.717) is 43.4 Å². The first-order valence-electron chi connectivity index (χ1n) is 9.37. The second-order valence-electron chi connectivity index (χ2n) is 6.40. The van der Waals surface area contributed by atoms with Crippen molar-refractivity contribution in [1.29, 1.82) is 0 Å². The molecule has 3 rings (SSSR count). The summed E-state index contributed by atoms with van der Waals surface area (Å²) in [6, 6.07) is 9.16. The molecule has 0 spiro atoms. The summed E-state index contributed by atoms with van der Waals surface area (Å²) in [5, 5.41) is 2.93. The molecule has 2 aromatic carbocycles. The number of nitrogens with zero attached hydrogens (tertiary/aromatic N) is 1. The predicted molar refractivity (Wildman–Crippen MR) is 112 cm³/mol. The van der Waals surface area contributed by atoms with Crippen molar-refractivity contribution in [3.05, 3.63) is 47.0 Å². The Balaban J connectivity index is 1.87. The molecule has 1 N–H and O–H groups in total. The third kappa shape index (κ3) is 4.66. The van der Waals surface area contributed by atoms with Crippen molar-refractivity contribution >= 4 is 33.2 Å². The fraction of sp³-hybridized carbons (Fsp3) is 0.350. The molecule has 2 aromatic rings. The number of hydrogen-bond donors (Lipinski definition) is 1. The van der Waals surface area contributed by atoms with Gasteiger partial charge in [0.15, 0.2) is 11.5 Å². The largest absolute Gasteiger partial charge is 0.490 e. The summed E-state index contributed by atoms with van der Waals surface area (Å²) >= 11 is 6.19. The van der Waals surface area contributed by atoms with Crippen LogP contribution in [0.1, 0.15) is 30.6 Å². The summed E-state index contributed by atoms with van der Waals surface area (Å²) in [6.07, 6.45) is 0.764. The molecule has 9 heteroatoms. The summed E-state index contributed by atoms with van der Waals surface area (Å²) in [6.45, 7) is 5.30. The Bertz CT molecular complexity index is 1010. The highest BCUT2D eigenvalue weighted by atomic mass is 35.5. The predicted octanol–water partition coefficient (Wildman–Crippen LogP) is 3.78.